The van der Waals surface area contributed by atoms with E-state index in [-0.39, 0.29) is 6.04 Å². The van der Waals surface area contributed by atoms with Crippen LogP contribution < -0.4 is 17.0 Å². The van der Waals surface area contributed by atoms with E-state index in [1.165, 1.54) is 19.3 Å². The van der Waals surface area contributed by atoms with Gasteiger partial charge in [0.1, 0.15) is 0 Å². The lowest BCUT2D eigenvalue weighted by Gasteiger charge is -2.17. The molecule has 3 heteroatoms. The predicted molar refractivity (Wildman–Crippen MR) is 62.9 cm³/mol. The topological polar surface area (TPSA) is 64.1 Å². The second-order valence-corrected chi connectivity index (χ2v) is 4.37. The molecule has 0 spiro atoms. The van der Waals surface area contributed by atoms with E-state index in [1.807, 2.05) is 24.3 Å². The number of rotatable bonds is 5. The maximum absolute atomic E-state index is 5.92. The summed E-state index contributed by atoms with van der Waals surface area (Å²) >= 11 is 0. The monoisotopic (exact) mass is 205 g/mol. The molecule has 0 radical (unpaired) electrons. The van der Waals surface area contributed by atoms with Gasteiger partial charge in [-0.2, -0.15) is 0 Å². The maximum atomic E-state index is 5.92. The Morgan fingerprint density at radius 2 is 2.07 bits per heavy atom. The van der Waals surface area contributed by atoms with Crippen LogP contribution in [0.4, 0.5) is 5.69 Å². The molecular weight excluding hydrogens is 186 g/mol. The van der Waals surface area contributed by atoms with Gasteiger partial charge in [-0.25, -0.2) is 0 Å². The largest absolute Gasteiger partial charge is 0.398 e. The summed E-state index contributed by atoms with van der Waals surface area (Å²) in [4.78, 5) is 0. The molecule has 0 aliphatic heterocycles. The van der Waals surface area contributed by atoms with Crippen LogP contribution >= 0.6 is 0 Å². The van der Waals surface area contributed by atoms with Crippen LogP contribution in [0, 0.1) is 5.92 Å². The second-order valence-electron chi connectivity index (χ2n) is 4.37. The van der Waals surface area contributed by atoms with Gasteiger partial charge in [-0.15, -0.1) is 0 Å². The standard InChI is InChI=1S/C12H19N3/c13-11-4-2-1-3-10(11)12(15-14)8-7-9-5-6-9/h1-4,9,12,15H,5-8,13-14H2. The minimum Gasteiger partial charge on any atom is -0.398 e. The first-order chi connectivity index (χ1) is 7.31. The molecule has 1 aromatic carbocycles. The quantitative estimate of drug-likeness (QED) is 0.391. The molecule has 1 aliphatic rings. The van der Waals surface area contributed by atoms with Crippen molar-refractivity contribution in [1.29, 1.82) is 0 Å². The number of hydrogen-bond acceptors (Lipinski definition) is 3. The highest BCUT2D eigenvalue weighted by Crippen LogP contribution is 2.36. The lowest BCUT2D eigenvalue weighted by atomic mass is 9.99. The average Bonchev–Trinajstić information content (AvgIpc) is 3.05. The Morgan fingerprint density at radius 1 is 1.33 bits per heavy atom. The fraction of sp³-hybridized carbons (Fsp3) is 0.500. The van der Waals surface area contributed by atoms with Gasteiger partial charge < -0.3 is 5.73 Å². The first-order valence-corrected chi connectivity index (χ1v) is 5.62. The molecule has 1 aromatic rings. The molecule has 2 rings (SSSR count). The first kappa shape index (κ1) is 10.5. The fourth-order valence-corrected chi connectivity index (χ4v) is 1.97. The Bertz CT molecular complexity index is 320. The third-order valence-corrected chi connectivity index (χ3v) is 3.13. The van der Waals surface area contributed by atoms with Gasteiger partial charge in [-0.05, 0) is 30.4 Å². The molecule has 1 aliphatic carbocycles. The van der Waals surface area contributed by atoms with E-state index in [0.29, 0.717) is 0 Å². The summed E-state index contributed by atoms with van der Waals surface area (Å²) in [6.45, 7) is 0. The minimum atomic E-state index is 0.201. The second kappa shape index (κ2) is 4.64. The van der Waals surface area contributed by atoms with Crippen molar-refractivity contribution in [3.05, 3.63) is 29.8 Å². The number of nitrogens with one attached hydrogen (secondary N) is 1. The number of hydrazine groups is 1. The summed E-state index contributed by atoms with van der Waals surface area (Å²) in [7, 11) is 0. The highest BCUT2D eigenvalue weighted by atomic mass is 15.2. The number of hydrogen-bond donors (Lipinski definition) is 3. The van der Waals surface area contributed by atoms with Crippen LogP contribution in [0.2, 0.25) is 0 Å². The van der Waals surface area contributed by atoms with Crippen molar-refractivity contribution in [1.82, 2.24) is 5.43 Å². The Labute approximate surface area is 90.8 Å². The van der Waals surface area contributed by atoms with Gasteiger partial charge in [0.05, 0.1) is 0 Å². The molecule has 0 bridgehead atoms. The molecule has 15 heavy (non-hydrogen) atoms. The van der Waals surface area contributed by atoms with E-state index in [1.54, 1.807) is 0 Å². The highest BCUT2D eigenvalue weighted by molar-refractivity contribution is 5.48. The highest BCUT2D eigenvalue weighted by Gasteiger charge is 2.23. The van der Waals surface area contributed by atoms with E-state index in [0.717, 1.165) is 23.6 Å². The van der Waals surface area contributed by atoms with Crippen LogP contribution in [-0.4, -0.2) is 0 Å². The molecule has 0 heterocycles. The predicted octanol–water partition coefficient (Wildman–Crippen LogP) is 1.96. The van der Waals surface area contributed by atoms with Crippen molar-refractivity contribution < 1.29 is 0 Å². The van der Waals surface area contributed by atoms with Crippen molar-refractivity contribution in [2.45, 2.75) is 31.7 Å². The molecule has 0 aromatic heterocycles. The van der Waals surface area contributed by atoms with Crippen molar-refractivity contribution in [2.75, 3.05) is 5.73 Å². The Hall–Kier alpha value is -1.06. The van der Waals surface area contributed by atoms with E-state index >= 15 is 0 Å². The SMILES string of the molecule is NNC(CCC1CC1)c1ccccc1N. The van der Waals surface area contributed by atoms with Crippen LogP contribution in [0.1, 0.15) is 37.3 Å². The van der Waals surface area contributed by atoms with E-state index in [9.17, 15) is 0 Å². The van der Waals surface area contributed by atoms with Crippen LogP contribution in [-0.2, 0) is 0 Å². The van der Waals surface area contributed by atoms with Gasteiger partial charge in [0.15, 0.2) is 0 Å². The number of benzene rings is 1. The first-order valence-electron chi connectivity index (χ1n) is 5.62. The van der Waals surface area contributed by atoms with Crippen LogP contribution in [0.25, 0.3) is 0 Å². The van der Waals surface area contributed by atoms with Crippen molar-refractivity contribution >= 4 is 5.69 Å². The van der Waals surface area contributed by atoms with Crippen LogP contribution in [0.3, 0.4) is 0 Å². The van der Waals surface area contributed by atoms with Crippen molar-refractivity contribution in [3.63, 3.8) is 0 Å². The van der Waals surface area contributed by atoms with Gasteiger partial charge in [-0.3, -0.25) is 11.3 Å². The van der Waals surface area contributed by atoms with E-state index in [2.05, 4.69) is 5.43 Å². The number of nitrogen functional groups attached to an aromatic ring is 1. The maximum Gasteiger partial charge on any atom is 0.0480 e. The molecule has 1 unspecified atom stereocenters. The summed E-state index contributed by atoms with van der Waals surface area (Å²) in [6.07, 6.45) is 5.11. The number of anilines is 1. The van der Waals surface area contributed by atoms with Gasteiger partial charge in [0.2, 0.25) is 0 Å². The zero-order chi connectivity index (χ0) is 10.7. The zero-order valence-corrected chi connectivity index (χ0v) is 8.95. The molecule has 82 valence electrons. The molecule has 0 amide bonds. The molecular formula is C12H19N3. The number of nitrogens with two attached hydrogens (primary N) is 2. The third-order valence-electron chi connectivity index (χ3n) is 3.13. The van der Waals surface area contributed by atoms with Gasteiger partial charge in [0, 0.05) is 11.7 Å². The number of para-hydroxylation sites is 1. The zero-order valence-electron chi connectivity index (χ0n) is 8.95. The summed E-state index contributed by atoms with van der Waals surface area (Å²) in [5, 5.41) is 0. The van der Waals surface area contributed by atoms with Crippen LogP contribution in [0.5, 0.6) is 0 Å². The molecule has 1 saturated carbocycles. The fourth-order valence-electron chi connectivity index (χ4n) is 1.97. The van der Waals surface area contributed by atoms with Crippen LogP contribution in [0.15, 0.2) is 24.3 Å². The Morgan fingerprint density at radius 3 is 2.67 bits per heavy atom. The molecule has 1 fully saturated rings. The smallest absolute Gasteiger partial charge is 0.0480 e. The summed E-state index contributed by atoms with van der Waals surface area (Å²) < 4.78 is 0. The van der Waals surface area contributed by atoms with Crippen molar-refractivity contribution in [2.24, 2.45) is 11.8 Å². The summed E-state index contributed by atoms with van der Waals surface area (Å²) in [5.74, 6) is 6.51. The normalized spacial score (nSPS) is 17.7. The average molecular weight is 205 g/mol. The Balaban J connectivity index is 2.00. The summed E-state index contributed by atoms with van der Waals surface area (Å²) in [6, 6.07) is 8.14. The van der Waals surface area contributed by atoms with Gasteiger partial charge >= 0.3 is 0 Å². The Kier molecular flexibility index (Phi) is 3.23. The van der Waals surface area contributed by atoms with E-state index in [4.69, 9.17) is 11.6 Å². The molecule has 5 N–H and O–H groups in total. The van der Waals surface area contributed by atoms with E-state index < -0.39 is 0 Å². The third kappa shape index (κ3) is 2.70. The summed E-state index contributed by atoms with van der Waals surface area (Å²) in [5.41, 5.74) is 10.7. The minimum absolute atomic E-state index is 0.201. The lowest BCUT2D eigenvalue weighted by molar-refractivity contribution is 0.483. The molecule has 1 atom stereocenters. The molecule has 3 nitrogen and oxygen atoms in total. The lowest BCUT2D eigenvalue weighted by Crippen LogP contribution is -2.28. The van der Waals surface area contributed by atoms with Gasteiger partial charge in [-0.1, -0.05) is 31.0 Å². The van der Waals surface area contributed by atoms with Crippen molar-refractivity contribution in [3.8, 4) is 0 Å². The molecule has 0 saturated heterocycles. The van der Waals surface area contributed by atoms with Gasteiger partial charge in [0.25, 0.3) is 0 Å².